The normalized spacial score (nSPS) is 11.4. The van der Waals surface area contributed by atoms with Crippen LogP contribution in [-0.4, -0.2) is 18.8 Å². The second-order valence-corrected chi connectivity index (χ2v) is 10.5. The van der Waals surface area contributed by atoms with E-state index in [2.05, 4.69) is 46.7 Å². The second-order valence-electron chi connectivity index (χ2n) is 5.78. The lowest BCUT2D eigenvalue weighted by molar-refractivity contribution is -0.112. The van der Waals surface area contributed by atoms with Gasteiger partial charge in [-0.1, -0.05) is 89.6 Å². The fourth-order valence-corrected chi connectivity index (χ4v) is 6.61. The maximum absolute atomic E-state index is 13.1. The molecule has 0 saturated carbocycles. The summed E-state index contributed by atoms with van der Waals surface area (Å²) in [4.78, 5) is 13.1. The van der Waals surface area contributed by atoms with Crippen molar-refractivity contribution in [3.05, 3.63) is 60.7 Å². The van der Waals surface area contributed by atoms with Crippen LogP contribution in [0.2, 0.25) is 6.55 Å². The Balaban J connectivity index is 2.28. The summed E-state index contributed by atoms with van der Waals surface area (Å²) in [6, 6.07) is 20.7. The average Bonchev–Trinajstić information content (AvgIpc) is 2.59. The van der Waals surface area contributed by atoms with E-state index in [4.69, 9.17) is 0 Å². The fraction of sp³-hybridized carbons (Fsp3) is 0.316. The van der Waals surface area contributed by atoms with Gasteiger partial charge < -0.3 is 4.79 Å². The maximum Gasteiger partial charge on any atom is 0.190 e. The third-order valence-electron chi connectivity index (χ3n) is 4.30. The molecule has 0 spiro atoms. The minimum absolute atomic E-state index is 0.444. The van der Waals surface area contributed by atoms with Gasteiger partial charge in [0, 0.05) is 11.8 Å². The van der Waals surface area contributed by atoms with Crippen LogP contribution in [0.15, 0.2) is 60.7 Å². The summed E-state index contributed by atoms with van der Waals surface area (Å²) in [5.74, 6) is 0. The molecule has 0 bridgehead atoms. The van der Waals surface area contributed by atoms with Crippen LogP contribution in [-0.2, 0) is 4.79 Å². The molecule has 0 fully saturated rings. The van der Waals surface area contributed by atoms with Crippen LogP contribution in [0.5, 0.6) is 0 Å². The molecule has 0 amide bonds. The molecule has 0 N–H and O–H groups in total. The molecule has 0 aromatic heterocycles. The minimum Gasteiger partial charge on any atom is -0.305 e. The molecule has 0 aliphatic rings. The number of carbonyl (C=O) groups is 1. The summed E-state index contributed by atoms with van der Waals surface area (Å²) in [6.07, 6.45) is 3.94. The first kappa shape index (κ1) is 17.2. The number of carbonyl (C=O) groups excluding carboxylic acids is 1. The summed E-state index contributed by atoms with van der Waals surface area (Å²) in [5, 5.41) is 3.89. The molecule has 116 valence electrons. The molecule has 1 nitrogen and oxygen atoms in total. The summed E-state index contributed by atoms with van der Waals surface area (Å²) < 4.78 is 0. The lowest BCUT2D eigenvalue weighted by atomic mass is 10.2. The van der Waals surface area contributed by atoms with Crippen molar-refractivity contribution in [3.63, 3.8) is 0 Å². The van der Waals surface area contributed by atoms with Gasteiger partial charge in [-0.2, -0.15) is 0 Å². The summed E-state index contributed by atoms with van der Waals surface area (Å²) in [7, 11) is -2.32. The number of hydrogen-bond acceptors (Lipinski definition) is 1. The lowest BCUT2D eigenvalue weighted by Gasteiger charge is -2.27. The van der Waals surface area contributed by atoms with Crippen molar-refractivity contribution in [3.8, 4) is 0 Å². The van der Waals surface area contributed by atoms with Crippen LogP contribution < -0.4 is 10.4 Å². The number of hydrogen-bond donors (Lipinski definition) is 0. The van der Waals surface area contributed by atoms with Crippen molar-refractivity contribution in [2.45, 2.75) is 32.2 Å². The van der Waals surface area contributed by atoms with Crippen LogP contribution in [0.25, 0.3) is 0 Å². The molecule has 0 aliphatic carbocycles. The van der Waals surface area contributed by atoms with Gasteiger partial charge in [0.2, 0.25) is 0 Å². The summed E-state index contributed by atoms with van der Waals surface area (Å²) in [5.41, 5.74) is 0. The molecular formula is C19H23BrOSi. The Kier molecular flexibility index (Phi) is 6.59. The quantitative estimate of drug-likeness (QED) is 0.388. The molecule has 0 heterocycles. The van der Waals surface area contributed by atoms with Crippen LogP contribution >= 0.6 is 15.9 Å². The van der Waals surface area contributed by atoms with Crippen LogP contribution in [0.3, 0.4) is 0 Å². The van der Waals surface area contributed by atoms with Gasteiger partial charge >= 0.3 is 0 Å². The van der Waals surface area contributed by atoms with E-state index >= 15 is 0 Å². The van der Waals surface area contributed by atoms with E-state index < -0.39 is 8.07 Å². The predicted molar refractivity (Wildman–Crippen MR) is 101 cm³/mol. The number of alkyl halides is 1. The fourth-order valence-electron chi connectivity index (χ4n) is 2.84. The van der Waals surface area contributed by atoms with E-state index in [9.17, 15) is 4.79 Å². The molecule has 2 aromatic carbocycles. The van der Waals surface area contributed by atoms with E-state index in [0.29, 0.717) is 11.8 Å². The van der Waals surface area contributed by atoms with Gasteiger partial charge in [-0.25, -0.2) is 0 Å². The first-order valence-corrected chi connectivity index (χ1v) is 11.5. The highest BCUT2D eigenvalue weighted by Crippen LogP contribution is 2.12. The van der Waals surface area contributed by atoms with Gasteiger partial charge in [0.05, 0.1) is 0 Å². The van der Waals surface area contributed by atoms with Gasteiger partial charge in [-0.3, -0.25) is 0 Å². The number of benzene rings is 2. The van der Waals surface area contributed by atoms with Gasteiger partial charge in [0.15, 0.2) is 8.07 Å². The molecule has 22 heavy (non-hydrogen) atoms. The monoisotopic (exact) mass is 374 g/mol. The van der Waals surface area contributed by atoms with Crippen molar-refractivity contribution >= 4 is 39.8 Å². The molecule has 0 saturated heterocycles. The largest absolute Gasteiger partial charge is 0.305 e. The van der Waals surface area contributed by atoms with E-state index in [-0.39, 0.29) is 0 Å². The van der Waals surface area contributed by atoms with Crippen LogP contribution in [0.1, 0.15) is 25.7 Å². The standard InChI is InChI=1S/C19H23BrOSi/c1-22(17-11-5-2-6-12-17,18-13-7-3-8-14-18)19(21)15-9-4-10-16-20/h2-3,5-8,11-14H,4,9-10,15-16H2,1H3. The molecule has 2 rings (SSSR count). The Bertz CT molecular complexity index is 543. The number of halogens is 1. The second kappa shape index (κ2) is 8.44. The van der Waals surface area contributed by atoms with Gasteiger partial charge in [0.25, 0.3) is 0 Å². The number of unbranched alkanes of at least 4 members (excludes halogenated alkanes) is 2. The van der Waals surface area contributed by atoms with Crippen molar-refractivity contribution in [2.24, 2.45) is 0 Å². The summed E-state index contributed by atoms with van der Waals surface area (Å²) >= 11 is 3.45. The smallest absolute Gasteiger partial charge is 0.190 e. The van der Waals surface area contributed by atoms with Crippen LogP contribution in [0, 0.1) is 0 Å². The molecule has 0 atom stereocenters. The van der Waals surface area contributed by atoms with E-state index in [1.165, 1.54) is 10.4 Å². The highest BCUT2D eigenvalue weighted by molar-refractivity contribution is 9.09. The topological polar surface area (TPSA) is 17.1 Å². The van der Waals surface area contributed by atoms with Gasteiger partial charge in [-0.15, -0.1) is 0 Å². The molecule has 2 aromatic rings. The SMILES string of the molecule is C[Si](C(=O)CCCCCBr)(c1ccccc1)c1ccccc1. The van der Waals surface area contributed by atoms with E-state index in [1.807, 2.05) is 36.4 Å². The van der Waals surface area contributed by atoms with Crippen molar-refractivity contribution < 1.29 is 4.79 Å². The maximum atomic E-state index is 13.1. The highest BCUT2D eigenvalue weighted by Gasteiger charge is 2.38. The van der Waals surface area contributed by atoms with E-state index in [1.54, 1.807) is 0 Å². The zero-order chi connectivity index (χ0) is 15.8. The molecule has 3 heteroatoms. The van der Waals surface area contributed by atoms with Gasteiger partial charge in [-0.05, 0) is 23.2 Å². The molecule has 0 radical (unpaired) electrons. The molecular weight excluding hydrogens is 352 g/mol. The number of rotatable bonds is 8. The lowest BCUT2D eigenvalue weighted by Crippen LogP contribution is -2.62. The minimum atomic E-state index is -2.32. The highest BCUT2D eigenvalue weighted by atomic mass is 79.9. The predicted octanol–water partition coefficient (Wildman–Crippen LogP) is 3.94. The Hall–Kier alpha value is -1.19. The zero-order valence-corrected chi connectivity index (χ0v) is 15.7. The van der Waals surface area contributed by atoms with Crippen LogP contribution in [0.4, 0.5) is 0 Å². The Morgan fingerprint density at radius 3 is 1.82 bits per heavy atom. The van der Waals surface area contributed by atoms with E-state index in [0.717, 1.165) is 24.6 Å². The van der Waals surface area contributed by atoms with Gasteiger partial charge in [0.1, 0.15) is 5.41 Å². The molecule has 0 aliphatic heterocycles. The molecule has 0 unspecified atom stereocenters. The first-order chi connectivity index (χ1) is 10.7. The average molecular weight is 375 g/mol. The Morgan fingerprint density at radius 2 is 1.36 bits per heavy atom. The van der Waals surface area contributed by atoms with Crippen molar-refractivity contribution in [2.75, 3.05) is 5.33 Å². The Labute approximate surface area is 142 Å². The third-order valence-corrected chi connectivity index (χ3v) is 9.20. The Morgan fingerprint density at radius 1 is 0.864 bits per heavy atom. The van der Waals surface area contributed by atoms with Crippen molar-refractivity contribution in [1.29, 1.82) is 0 Å². The zero-order valence-electron chi connectivity index (χ0n) is 13.1. The third kappa shape index (κ3) is 3.96. The first-order valence-electron chi connectivity index (χ1n) is 7.90. The van der Waals surface area contributed by atoms with Crippen molar-refractivity contribution in [1.82, 2.24) is 0 Å². The summed E-state index contributed by atoms with van der Waals surface area (Å²) in [6.45, 7) is 2.20.